The molecule has 0 saturated carbocycles. The molecule has 0 rings (SSSR count). The van der Waals surface area contributed by atoms with Crippen molar-refractivity contribution in [1.82, 2.24) is 0 Å². The van der Waals surface area contributed by atoms with Crippen molar-refractivity contribution in [3.8, 4) is 0 Å². The fourth-order valence-corrected chi connectivity index (χ4v) is 2.39. The van der Waals surface area contributed by atoms with Crippen molar-refractivity contribution in [3.05, 3.63) is 48.1 Å². The quantitative estimate of drug-likeness (QED) is 0.242. The molecule has 0 N–H and O–H groups in total. The highest BCUT2D eigenvalue weighted by atomic mass is 14.0. The topological polar surface area (TPSA) is 0 Å². The molecule has 0 heteroatoms. The zero-order valence-electron chi connectivity index (χ0n) is 14.7. The van der Waals surface area contributed by atoms with E-state index in [2.05, 4.69) is 51.7 Å². The van der Waals surface area contributed by atoms with E-state index in [1.54, 1.807) is 5.57 Å². The smallest absolute Gasteiger partial charge is 0.0142 e. The normalized spacial score (nSPS) is 13.1. The minimum absolute atomic E-state index is 1.12. The van der Waals surface area contributed by atoms with Crippen LogP contribution in [0.3, 0.4) is 0 Å². The van der Waals surface area contributed by atoms with Gasteiger partial charge in [-0.25, -0.2) is 0 Å². The highest BCUT2D eigenvalue weighted by Gasteiger charge is 1.92. The zero-order valence-corrected chi connectivity index (χ0v) is 14.7. The summed E-state index contributed by atoms with van der Waals surface area (Å²) in [6.45, 7) is 10.4. The van der Waals surface area contributed by atoms with E-state index in [0.717, 1.165) is 12.8 Å². The third-order valence-electron chi connectivity index (χ3n) is 3.94. The van der Waals surface area contributed by atoms with Gasteiger partial charge < -0.3 is 0 Å². The Morgan fingerprint density at radius 3 is 2.33 bits per heavy atom. The minimum atomic E-state index is 1.12. The molecule has 0 saturated heterocycles. The van der Waals surface area contributed by atoms with E-state index in [9.17, 15) is 0 Å². The monoisotopic (exact) mass is 288 g/mol. The van der Waals surface area contributed by atoms with Gasteiger partial charge in [-0.05, 0) is 78.1 Å². The average molecular weight is 289 g/mol. The summed E-state index contributed by atoms with van der Waals surface area (Å²) in [5, 5.41) is 0. The number of rotatable bonds is 13. The molecule has 0 fully saturated rings. The van der Waals surface area contributed by atoms with Crippen molar-refractivity contribution in [3.63, 3.8) is 0 Å². The van der Waals surface area contributed by atoms with Gasteiger partial charge in [0.2, 0.25) is 0 Å². The zero-order chi connectivity index (χ0) is 15.8. The van der Waals surface area contributed by atoms with Crippen LogP contribution in [0.15, 0.2) is 48.1 Å². The molecule has 0 aliphatic heterocycles. The lowest BCUT2D eigenvalue weighted by Gasteiger charge is -2.02. The lowest BCUT2D eigenvalue weighted by molar-refractivity contribution is 0.726. The van der Waals surface area contributed by atoms with Crippen molar-refractivity contribution < 1.29 is 0 Å². The van der Waals surface area contributed by atoms with Crippen LogP contribution in [-0.4, -0.2) is 0 Å². The van der Waals surface area contributed by atoms with Crippen molar-refractivity contribution in [2.45, 2.75) is 85.0 Å². The fraction of sp³-hybridized carbons (Fsp3) is 0.619. The Morgan fingerprint density at radius 1 is 0.952 bits per heavy atom. The standard InChI is InChI=1S/C21H36/c1-5-8-9-11-14-17-20(4)18-15-12-10-13-16-19-21(6-2)7-3/h5-6,12,15,17H,1,7-11,13-14,16,18-19H2,2-4H3. The van der Waals surface area contributed by atoms with Crippen molar-refractivity contribution in [2.24, 2.45) is 0 Å². The van der Waals surface area contributed by atoms with Gasteiger partial charge in [0.25, 0.3) is 0 Å². The summed E-state index contributed by atoms with van der Waals surface area (Å²) in [4.78, 5) is 0. The maximum atomic E-state index is 3.76. The van der Waals surface area contributed by atoms with Gasteiger partial charge in [-0.15, -0.1) is 6.58 Å². The van der Waals surface area contributed by atoms with E-state index < -0.39 is 0 Å². The molecule has 0 aliphatic rings. The van der Waals surface area contributed by atoms with Crippen LogP contribution in [-0.2, 0) is 0 Å². The van der Waals surface area contributed by atoms with Gasteiger partial charge in [0.15, 0.2) is 0 Å². The molecule has 0 bridgehead atoms. The van der Waals surface area contributed by atoms with E-state index >= 15 is 0 Å². The maximum absolute atomic E-state index is 3.76. The SMILES string of the molecule is C=CCCCCC=C(C)CC=CCCCCC(=CC)CC. The van der Waals surface area contributed by atoms with Crippen LogP contribution in [0.4, 0.5) is 0 Å². The molecule has 0 radical (unpaired) electrons. The third kappa shape index (κ3) is 13.7. The molecular formula is C21H36. The minimum Gasteiger partial charge on any atom is -0.103 e. The fourth-order valence-electron chi connectivity index (χ4n) is 2.39. The third-order valence-corrected chi connectivity index (χ3v) is 3.94. The summed E-state index contributed by atoms with van der Waals surface area (Å²) in [6.07, 6.45) is 23.8. The number of hydrogen-bond donors (Lipinski definition) is 0. The van der Waals surface area contributed by atoms with Gasteiger partial charge >= 0.3 is 0 Å². The summed E-state index contributed by atoms with van der Waals surface area (Å²) in [7, 11) is 0. The van der Waals surface area contributed by atoms with Crippen molar-refractivity contribution in [1.29, 1.82) is 0 Å². The lowest BCUT2D eigenvalue weighted by atomic mass is 10.0. The number of unbranched alkanes of at least 4 members (excludes halogenated alkanes) is 5. The predicted octanol–water partition coefficient (Wildman–Crippen LogP) is 7.54. The molecular weight excluding hydrogens is 252 g/mol. The summed E-state index contributed by atoms with van der Waals surface area (Å²) < 4.78 is 0. The first-order chi connectivity index (χ1) is 10.2. The van der Waals surface area contributed by atoms with Crippen LogP contribution < -0.4 is 0 Å². The molecule has 0 aliphatic carbocycles. The second kappa shape index (κ2) is 15.4. The van der Waals surface area contributed by atoms with E-state index in [4.69, 9.17) is 0 Å². The molecule has 21 heavy (non-hydrogen) atoms. The Hall–Kier alpha value is -1.04. The van der Waals surface area contributed by atoms with Crippen molar-refractivity contribution in [2.75, 3.05) is 0 Å². The first kappa shape index (κ1) is 20.0. The van der Waals surface area contributed by atoms with Crippen LogP contribution in [0.2, 0.25) is 0 Å². The molecule has 0 aromatic rings. The molecule has 0 heterocycles. The average Bonchev–Trinajstić information content (AvgIpc) is 2.50. The van der Waals surface area contributed by atoms with E-state index in [0.29, 0.717) is 0 Å². The molecule has 0 aromatic carbocycles. The van der Waals surface area contributed by atoms with Gasteiger partial charge in [-0.1, -0.05) is 48.5 Å². The first-order valence-corrected chi connectivity index (χ1v) is 8.80. The van der Waals surface area contributed by atoms with E-state index in [-0.39, 0.29) is 0 Å². The Morgan fingerprint density at radius 2 is 1.67 bits per heavy atom. The van der Waals surface area contributed by atoms with Crippen LogP contribution in [0.25, 0.3) is 0 Å². The van der Waals surface area contributed by atoms with Gasteiger partial charge in [0.05, 0.1) is 0 Å². The van der Waals surface area contributed by atoms with Crippen LogP contribution in [0.1, 0.15) is 85.0 Å². The Labute approximate surface area is 133 Å². The second-order valence-corrected chi connectivity index (χ2v) is 5.85. The number of hydrogen-bond acceptors (Lipinski definition) is 0. The Kier molecular flexibility index (Phi) is 14.6. The van der Waals surface area contributed by atoms with E-state index in [1.165, 1.54) is 56.9 Å². The molecule has 0 spiro atoms. The van der Waals surface area contributed by atoms with Crippen molar-refractivity contribution >= 4 is 0 Å². The Bertz CT molecular complexity index is 328. The van der Waals surface area contributed by atoms with Gasteiger partial charge in [-0.3, -0.25) is 0 Å². The first-order valence-electron chi connectivity index (χ1n) is 8.80. The van der Waals surface area contributed by atoms with Crippen LogP contribution >= 0.6 is 0 Å². The summed E-state index contributed by atoms with van der Waals surface area (Å²) in [5.74, 6) is 0. The predicted molar refractivity (Wildman–Crippen MR) is 98.7 cm³/mol. The summed E-state index contributed by atoms with van der Waals surface area (Å²) >= 11 is 0. The molecule has 0 unspecified atom stereocenters. The highest BCUT2D eigenvalue weighted by Crippen LogP contribution is 2.13. The molecule has 0 atom stereocenters. The molecule has 120 valence electrons. The Balaban J connectivity index is 3.57. The van der Waals surface area contributed by atoms with Gasteiger partial charge in [-0.2, -0.15) is 0 Å². The van der Waals surface area contributed by atoms with Crippen LogP contribution in [0.5, 0.6) is 0 Å². The van der Waals surface area contributed by atoms with Gasteiger partial charge in [0, 0.05) is 0 Å². The van der Waals surface area contributed by atoms with Crippen LogP contribution in [0, 0.1) is 0 Å². The molecule has 0 amide bonds. The van der Waals surface area contributed by atoms with E-state index in [1.807, 2.05) is 6.08 Å². The maximum Gasteiger partial charge on any atom is -0.0142 e. The summed E-state index contributed by atoms with van der Waals surface area (Å²) in [5.41, 5.74) is 3.11. The lowest BCUT2D eigenvalue weighted by Crippen LogP contribution is -1.82. The summed E-state index contributed by atoms with van der Waals surface area (Å²) in [6, 6.07) is 0. The number of allylic oxidation sites excluding steroid dienone is 7. The molecule has 0 aromatic heterocycles. The second-order valence-electron chi connectivity index (χ2n) is 5.85. The highest BCUT2D eigenvalue weighted by molar-refractivity contribution is 5.04. The van der Waals surface area contributed by atoms with Gasteiger partial charge in [0.1, 0.15) is 0 Å². The largest absolute Gasteiger partial charge is 0.103 e. The molecule has 0 nitrogen and oxygen atoms in total.